The molecule has 2 aliphatic rings. The monoisotopic (exact) mass is 359 g/mol. The number of fused-ring (bicyclic) bond motifs is 1. The Kier molecular flexibility index (Phi) is 5.16. The van der Waals surface area contributed by atoms with Gasteiger partial charge >= 0.3 is 12.1 Å². The van der Waals surface area contributed by atoms with Crippen LogP contribution in [0.1, 0.15) is 13.3 Å². The van der Waals surface area contributed by atoms with Gasteiger partial charge in [0, 0.05) is 11.6 Å². The number of anilines is 1. The number of hydrogen-bond donors (Lipinski definition) is 1. The Labute approximate surface area is 151 Å². The molecule has 1 heterocycles. The first kappa shape index (κ1) is 17.8. The molecule has 3 rings (SSSR count). The Morgan fingerprint density at radius 2 is 1.92 bits per heavy atom. The molecule has 0 saturated heterocycles. The van der Waals surface area contributed by atoms with E-state index in [1.807, 2.05) is 13.0 Å². The number of ether oxygens (including phenoxy) is 4. The first-order chi connectivity index (χ1) is 12.5. The molecule has 0 spiro atoms. The lowest BCUT2D eigenvalue weighted by atomic mass is 9.84. The number of allylic oxidation sites excluding steroid dienone is 1. The lowest BCUT2D eigenvalue weighted by molar-refractivity contribution is -0.141. The third-order valence-corrected chi connectivity index (χ3v) is 4.66. The first-order valence-corrected chi connectivity index (χ1v) is 8.25. The van der Waals surface area contributed by atoms with E-state index in [1.54, 1.807) is 31.4 Å². The Morgan fingerprint density at radius 1 is 1.19 bits per heavy atom. The van der Waals surface area contributed by atoms with Gasteiger partial charge in [-0.1, -0.05) is 11.6 Å². The number of rotatable bonds is 4. The highest BCUT2D eigenvalue weighted by molar-refractivity contribution is 5.89. The molecule has 0 aromatic heterocycles. The van der Waals surface area contributed by atoms with Gasteiger partial charge in [0.2, 0.25) is 0 Å². The van der Waals surface area contributed by atoms with Crippen molar-refractivity contribution in [2.24, 2.45) is 11.8 Å². The maximum atomic E-state index is 12.2. The van der Waals surface area contributed by atoms with E-state index in [4.69, 9.17) is 18.9 Å². The van der Waals surface area contributed by atoms with E-state index in [9.17, 15) is 9.59 Å². The number of amides is 1. The maximum Gasteiger partial charge on any atom is 0.414 e. The zero-order chi connectivity index (χ0) is 18.7. The number of esters is 1. The summed E-state index contributed by atoms with van der Waals surface area (Å²) in [4.78, 5) is 24.1. The van der Waals surface area contributed by atoms with Crippen LogP contribution in [-0.4, -0.2) is 32.6 Å². The molecule has 1 aliphatic heterocycles. The van der Waals surface area contributed by atoms with Crippen molar-refractivity contribution in [2.75, 3.05) is 19.5 Å². The summed E-state index contributed by atoms with van der Waals surface area (Å²) < 4.78 is 20.9. The number of methoxy groups -OCH3 is 2. The zero-order valence-corrected chi connectivity index (χ0v) is 14.9. The molecule has 3 atom stereocenters. The van der Waals surface area contributed by atoms with Crippen LogP contribution >= 0.6 is 0 Å². The highest BCUT2D eigenvalue weighted by atomic mass is 16.7. The molecule has 3 unspecified atom stereocenters. The van der Waals surface area contributed by atoms with Gasteiger partial charge in [0.05, 0.1) is 32.0 Å². The highest BCUT2D eigenvalue weighted by Gasteiger charge is 2.44. The van der Waals surface area contributed by atoms with Crippen LogP contribution in [0.3, 0.4) is 0 Å². The molecule has 7 nitrogen and oxygen atoms in total. The van der Waals surface area contributed by atoms with Gasteiger partial charge in [-0.15, -0.1) is 0 Å². The second-order valence-electron chi connectivity index (χ2n) is 6.14. The standard InChI is InChI=1S/C19H21NO6/c1-11-4-9-14-15(17(21)24-3)10-25-18(16(11)14)26-19(22)20-12-5-7-13(23-2)8-6-12/h4-8,10,14,16,18H,9H2,1-3H3,(H,20,22). The van der Waals surface area contributed by atoms with Crippen molar-refractivity contribution in [3.05, 3.63) is 47.7 Å². The van der Waals surface area contributed by atoms with Crippen molar-refractivity contribution in [2.45, 2.75) is 19.6 Å². The van der Waals surface area contributed by atoms with E-state index in [-0.39, 0.29) is 11.8 Å². The highest BCUT2D eigenvalue weighted by Crippen LogP contribution is 2.43. The molecule has 1 aromatic rings. The third kappa shape index (κ3) is 3.51. The molecule has 26 heavy (non-hydrogen) atoms. The van der Waals surface area contributed by atoms with E-state index in [2.05, 4.69) is 5.32 Å². The molecule has 0 bridgehead atoms. The van der Waals surface area contributed by atoms with Gasteiger partial charge in [0.25, 0.3) is 6.29 Å². The van der Waals surface area contributed by atoms with Crippen LogP contribution in [0, 0.1) is 11.8 Å². The average molecular weight is 359 g/mol. The Bertz CT molecular complexity index is 752. The summed E-state index contributed by atoms with van der Waals surface area (Å²) in [6, 6.07) is 6.89. The third-order valence-electron chi connectivity index (χ3n) is 4.66. The van der Waals surface area contributed by atoms with Crippen molar-refractivity contribution in [1.82, 2.24) is 0 Å². The lowest BCUT2D eigenvalue weighted by Crippen LogP contribution is -2.38. The van der Waals surface area contributed by atoms with Crippen molar-refractivity contribution >= 4 is 17.7 Å². The topological polar surface area (TPSA) is 83.1 Å². The molecule has 1 aromatic carbocycles. The average Bonchev–Trinajstić information content (AvgIpc) is 3.04. The summed E-state index contributed by atoms with van der Waals surface area (Å²) in [7, 11) is 2.90. The van der Waals surface area contributed by atoms with Gasteiger partial charge < -0.3 is 18.9 Å². The summed E-state index contributed by atoms with van der Waals surface area (Å²) in [6.45, 7) is 1.94. The van der Waals surface area contributed by atoms with E-state index in [0.717, 1.165) is 5.57 Å². The molecule has 1 N–H and O–H groups in total. The predicted molar refractivity (Wildman–Crippen MR) is 93.4 cm³/mol. The van der Waals surface area contributed by atoms with Crippen molar-refractivity contribution < 1.29 is 28.5 Å². The van der Waals surface area contributed by atoms with Crippen LogP contribution in [0.4, 0.5) is 10.5 Å². The number of hydrogen-bond acceptors (Lipinski definition) is 6. The minimum Gasteiger partial charge on any atom is -0.497 e. The summed E-state index contributed by atoms with van der Waals surface area (Å²) in [6.07, 6.45) is 2.61. The van der Waals surface area contributed by atoms with Crippen LogP contribution < -0.4 is 10.1 Å². The van der Waals surface area contributed by atoms with E-state index in [1.165, 1.54) is 13.4 Å². The minimum atomic E-state index is -0.801. The van der Waals surface area contributed by atoms with Crippen LogP contribution in [0.25, 0.3) is 0 Å². The van der Waals surface area contributed by atoms with Crippen LogP contribution in [-0.2, 0) is 19.0 Å². The number of benzene rings is 1. The Balaban J connectivity index is 1.68. The smallest absolute Gasteiger partial charge is 0.414 e. The van der Waals surface area contributed by atoms with Gasteiger partial charge in [0.1, 0.15) is 5.75 Å². The van der Waals surface area contributed by atoms with E-state index in [0.29, 0.717) is 23.4 Å². The largest absolute Gasteiger partial charge is 0.497 e. The quantitative estimate of drug-likeness (QED) is 0.656. The van der Waals surface area contributed by atoms with Gasteiger partial charge in [-0.2, -0.15) is 0 Å². The molecule has 0 radical (unpaired) electrons. The molecule has 7 heteroatoms. The van der Waals surface area contributed by atoms with Gasteiger partial charge in [-0.3, -0.25) is 5.32 Å². The van der Waals surface area contributed by atoms with Gasteiger partial charge in [-0.05, 0) is 37.6 Å². The normalized spacial score (nSPS) is 23.7. The van der Waals surface area contributed by atoms with E-state index >= 15 is 0 Å². The molecule has 1 aliphatic carbocycles. The Morgan fingerprint density at radius 3 is 2.58 bits per heavy atom. The van der Waals surface area contributed by atoms with Crippen LogP contribution in [0.15, 0.2) is 47.7 Å². The SMILES string of the molecule is COC(=O)C1=COC(OC(=O)Nc2ccc(OC)cc2)C2C(C)=CCC12. The molecule has 138 valence electrons. The van der Waals surface area contributed by atoms with Gasteiger partial charge in [-0.25, -0.2) is 9.59 Å². The fourth-order valence-corrected chi connectivity index (χ4v) is 3.30. The summed E-state index contributed by atoms with van der Waals surface area (Å²) in [5.41, 5.74) is 2.06. The predicted octanol–water partition coefficient (Wildman–Crippen LogP) is 3.24. The van der Waals surface area contributed by atoms with E-state index < -0.39 is 18.4 Å². The van der Waals surface area contributed by atoms with Crippen molar-refractivity contribution in [3.63, 3.8) is 0 Å². The lowest BCUT2D eigenvalue weighted by Gasteiger charge is -2.33. The number of carbonyl (C=O) groups excluding carboxylic acids is 2. The second-order valence-corrected chi connectivity index (χ2v) is 6.14. The Hall–Kier alpha value is -2.96. The molecule has 1 amide bonds. The van der Waals surface area contributed by atoms with Gasteiger partial charge in [0.15, 0.2) is 0 Å². The molecule has 0 saturated carbocycles. The fraction of sp³-hybridized carbons (Fsp3) is 0.368. The maximum absolute atomic E-state index is 12.2. The fourth-order valence-electron chi connectivity index (χ4n) is 3.30. The summed E-state index contributed by atoms with van der Waals surface area (Å²) in [5.74, 6) is -0.0653. The number of nitrogens with one attached hydrogen (secondary N) is 1. The second kappa shape index (κ2) is 7.51. The summed E-state index contributed by atoms with van der Waals surface area (Å²) in [5, 5.41) is 2.65. The van der Waals surface area contributed by atoms with Crippen molar-refractivity contribution in [1.29, 1.82) is 0 Å². The minimum absolute atomic E-state index is 0.116. The van der Waals surface area contributed by atoms with Crippen molar-refractivity contribution in [3.8, 4) is 5.75 Å². The number of carbonyl (C=O) groups is 2. The molecular formula is C19H21NO6. The first-order valence-electron chi connectivity index (χ1n) is 8.25. The van der Waals surface area contributed by atoms with Crippen LogP contribution in [0.2, 0.25) is 0 Å². The van der Waals surface area contributed by atoms with Crippen LogP contribution in [0.5, 0.6) is 5.75 Å². The molecular weight excluding hydrogens is 338 g/mol. The summed E-state index contributed by atoms with van der Waals surface area (Å²) >= 11 is 0. The zero-order valence-electron chi connectivity index (χ0n) is 14.9. The molecule has 0 fully saturated rings.